The third-order valence-corrected chi connectivity index (χ3v) is 5.49. The van der Waals surface area contributed by atoms with Gasteiger partial charge in [-0.05, 0) is 29.3 Å². The highest BCUT2D eigenvalue weighted by Crippen LogP contribution is 2.26. The van der Waals surface area contributed by atoms with Crippen LogP contribution >= 0.6 is 11.6 Å². The van der Waals surface area contributed by atoms with Gasteiger partial charge in [-0.2, -0.15) is 0 Å². The van der Waals surface area contributed by atoms with Crippen molar-refractivity contribution in [1.82, 2.24) is 10.2 Å². The Morgan fingerprint density at radius 3 is 2.03 bits per heavy atom. The SMILES string of the molecule is O=C(NCc1ccccc1Cl)[C@H](Cc1ccccc1)N1C(=O)c2ccccc2C1=O. The predicted octanol–water partition coefficient (Wildman–Crippen LogP) is 3.86. The minimum atomic E-state index is -0.970. The lowest BCUT2D eigenvalue weighted by atomic mass is 10.0. The zero-order valence-corrected chi connectivity index (χ0v) is 16.8. The van der Waals surface area contributed by atoms with Crippen LogP contribution in [0, 0.1) is 0 Å². The smallest absolute Gasteiger partial charge is 0.262 e. The molecule has 150 valence electrons. The first-order valence-electron chi connectivity index (χ1n) is 9.58. The lowest BCUT2D eigenvalue weighted by Crippen LogP contribution is -2.50. The molecule has 1 atom stereocenters. The average Bonchev–Trinajstić information content (AvgIpc) is 3.02. The van der Waals surface area contributed by atoms with Crippen molar-refractivity contribution in [3.63, 3.8) is 0 Å². The normalized spacial score (nSPS) is 13.8. The van der Waals surface area contributed by atoms with Gasteiger partial charge in [-0.1, -0.05) is 72.3 Å². The van der Waals surface area contributed by atoms with Gasteiger partial charge in [-0.25, -0.2) is 0 Å². The van der Waals surface area contributed by atoms with Gasteiger partial charge in [0.1, 0.15) is 6.04 Å². The molecular formula is C24H19ClN2O3. The number of benzene rings is 3. The van der Waals surface area contributed by atoms with Crippen molar-refractivity contribution in [2.75, 3.05) is 0 Å². The molecule has 1 N–H and O–H groups in total. The summed E-state index contributed by atoms with van der Waals surface area (Å²) in [6.45, 7) is 0.201. The summed E-state index contributed by atoms with van der Waals surface area (Å²) in [5.41, 5.74) is 2.25. The molecule has 0 aromatic heterocycles. The van der Waals surface area contributed by atoms with Gasteiger partial charge in [0.15, 0.2) is 0 Å². The number of hydrogen-bond acceptors (Lipinski definition) is 3. The number of fused-ring (bicyclic) bond motifs is 1. The molecule has 3 amide bonds. The van der Waals surface area contributed by atoms with Crippen LogP contribution in [0.15, 0.2) is 78.9 Å². The fourth-order valence-electron chi connectivity index (χ4n) is 3.57. The molecule has 0 bridgehead atoms. The predicted molar refractivity (Wildman–Crippen MR) is 114 cm³/mol. The van der Waals surface area contributed by atoms with E-state index in [1.165, 1.54) is 0 Å². The van der Waals surface area contributed by atoms with Crippen LogP contribution in [0.25, 0.3) is 0 Å². The van der Waals surface area contributed by atoms with E-state index in [9.17, 15) is 14.4 Å². The van der Waals surface area contributed by atoms with Crippen LogP contribution in [0.3, 0.4) is 0 Å². The number of imide groups is 1. The molecule has 0 saturated heterocycles. The summed E-state index contributed by atoms with van der Waals surface area (Å²) < 4.78 is 0. The lowest BCUT2D eigenvalue weighted by molar-refractivity contribution is -0.125. The molecule has 0 fully saturated rings. The van der Waals surface area contributed by atoms with Gasteiger partial charge in [0, 0.05) is 18.0 Å². The molecule has 6 heteroatoms. The number of carbonyl (C=O) groups excluding carboxylic acids is 3. The third-order valence-electron chi connectivity index (χ3n) is 5.12. The van der Waals surface area contributed by atoms with E-state index in [-0.39, 0.29) is 13.0 Å². The molecule has 0 radical (unpaired) electrons. The standard InChI is InChI=1S/C24H19ClN2O3/c25-20-13-7-4-10-17(20)15-26-22(28)21(14-16-8-2-1-3-9-16)27-23(29)18-11-5-6-12-19(18)24(27)30/h1-13,21H,14-15H2,(H,26,28)/t21-/m0/s1. The first-order chi connectivity index (χ1) is 14.6. The second-order valence-electron chi connectivity index (χ2n) is 7.04. The Balaban J connectivity index is 1.62. The van der Waals surface area contributed by atoms with Crippen molar-refractivity contribution >= 4 is 29.3 Å². The van der Waals surface area contributed by atoms with Crippen LogP contribution in [0.1, 0.15) is 31.8 Å². The van der Waals surface area contributed by atoms with Gasteiger partial charge in [0.25, 0.3) is 11.8 Å². The summed E-state index contributed by atoms with van der Waals surface area (Å²) in [5.74, 6) is -1.32. The van der Waals surface area contributed by atoms with Crippen molar-refractivity contribution < 1.29 is 14.4 Å². The molecular weight excluding hydrogens is 400 g/mol. The summed E-state index contributed by atoms with van der Waals surface area (Å²) in [7, 11) is 0. The number of hydrogen-bond donors (Lipinski definition) is 1. The van der Waals surface area contributed by atoms with E-state index < -0.39 is 23.8 Å². The van der Waals surface area contributed by atoms with Crippen LogP contribution in [0.5, 0.6) is 0 Å². The van der Waals surface area contributed by atoms with E-state index in [0.717, 1.165) is 16.0 Å². The molecule has 0 saturated carbocycles. The minimum absolute atomic E-state index is 0.201. The fourth-order valence-corrected chi connectivity index (χ4v) is 3.77. The highest BCUT2D eigenvalue weighted by molar-refractivity contribution is 6.31. The van der Waals surface area contributed by atoms with Crippen molar-refractivity contribution in [2.45, 2.75) is 19.0 Å². The Kier molecular flexibility index (Phi) is 5.63. The minimum Gasteiger partial charge on any atom is -0.350 e. The summed E-state index contributed by atoms with van der Waals surface area (Å²) in [6, 6.07) is 22.2. The molecule has 30 heavy (non-hydrogen) atoms. The highest BCUT2D eigenvalue weighted by Gasteiger charge is 2.42. The summed E-state index contributed by atoms with van der Waals surface area (Å²) >= 11 is 6.18. The monoisotopic (exact) mass is 418 g/mol. The van der Waals surface area contributed by atoms with E-state index >= 15 is 0 Å². The third kappa shape index (κ3) is 3.84. The summed E-state index contributed by atoms with van der Waals surface area (Å²) in [5, 5.41) is 3.38. The van der Waals surface area contributed by atoms with E-state index in [4.69, 9.17) is 11.6 Å². The molecule has 1 aliphatic rings. The van der Waals surface area contributed by atoms with Gasteiger partial charge >= 0.3 is 0 Å². The number of rotatable bonds is 6. The van der Waals surface area contributed by atoms with Crippen molar-refractivity contribution in [2.24, 2.45) is 0 Å². The summed E-state index contributed by atoms with van der Waals surface area (Å²) in [6.07, 6.45) is 0.223. The Morgan fingerprint density at radius 1 is 0.833 bits per heavy atom. The van der Waals surface area contributed by atoms with Crippen molar-refractivity contribution in [3.8, 4) is 0 Å². The second-order valence-corrected chi connectivity index (χ2v) is 7.45. The van der Waals surface area contributed by atoms with Crippen LogP contribution in [-0.2, 0) is 17.8 Å². The van der Waals surface area contributed by atoms with Gasteiger partial charge in [-0.3, -0.25) is 19.3 Å². The fraction of sp³-hybridized carbons (Fsp3) is 0.125. The lowest BCUT2D eigenvalue weighted by Gasteiger charge is -2.25. The van der Waals surface area contributed by atoms with E-state index in [2.05, 4.69) is 5.32 Å². The quantitative estimate of drug-likeness (QED) is 0.618. The van der Waals surface area contributed by atoms with Gasteiger partial charge in [0.05, 0.1) is 11.1 Å². The van der Waals surface area contributed by atoms with Gasteiger partial charge in [0.2, 0.25) is 5.91 Å². The maximum Gasteiger partial charge on any atom is 0.262 e. The molecule has 3 aromatic carbocycles. The molecule has 0 aliphatic carbocycles. The highest BCUT2D eigenvalue weighted by atomic mass is 35.5. The second kappa shape index (κ2) is 8.51. The zero-order chi connectivity index (χ0) is 21.1. The Morgan fingerprint density at radius 2 is 1.40 bits per heavy atom. The van der Waals surface area contributed by atoms with Gasteiger partial charge in [-0.15, -0.1) is 0 Å². The maximum atomic E-state index is 13.2. The van der Waals surface area contributed by atoms with Gasteiger partial charge < -0.3 is 5.32 Å². The van der Waals surface area contributed by atoms with Crippen molar-refractivity contribution in [3.05, 3.63) is 106 Å². The topological polar surface area (TPSA) is 66.5 Å². The summed E-state index contributed by atoms with van der Waals surface area (Å²) in [4.78, 5) is 40.2. The maximum absolute atomic E-state index is 13.2. The number of nitrogens with zero attached hydrogens (tertiary/aromatic N) is 1. The number of carbonyl (C=O) groups is 3. The van der Waals surface area contributed by atoms with Crippen LogP contribution in [-0.4, -0.2) is 28.7 Å². The first kappa shape index (κ1) is 19.9. The molecule has 0 spiro atoms. The largest absolute Gasteiger partial charge is 0.350 e. The zero-order valence-electron chi connectivity index (χ0n) is 16.0. The van der Waals surface area contributed by atoms with E-state index in [1.54, 1.807) is 30.3 Å². The van der Waals surface area contributed by atoms with Crippen LogP contribution in [0.2, 0.25) is 5.02 Å². The Labute approximate surface area is 179 Å². The van der Waals surface area contributed by atoms with E-state index in [0.29, 0.717) is 16.1 Å². The molecule has 0 unspecified atom stereocenters. The molecule has 3 aromatic rings. The van der Waals surface area contributed by atoms with Crippen molar-refractivity contribution in [1.29, 1.82) is 0 Å². The molecule has 5 nitrogen and oxygen atoms in total. The van der Waals surface area contributed by atoms with E-state index in [1.807, 2.05) is 48.5 Å². The first-order valence-corrected chi connectivity index (χ1v) is 9.96. The molecule has 1 heterocycles. The Hall–Kier alpha value is -3.44. The number of amides is 3. The Bertz CT molecular complexity index is 1080. The average molecular weight is 419 g/mol. The number of nitrogens with one attached hydrogen (secondary N) is 1. The van der Waals surface area contributed by atoms with Crippen LogP contribution in [0.4, 0.5) is 0 Å². The molecule has 4 rings (SSSR count). The molecule has 1 aliphatic heterocycles. The van der Waals surface area contributed by atoms with Crippen LogP contribution < -0.4 is 5.32 Å². The number of halogens is 1.